The van der Waals surface area contributed by atoms with Gasteiger partial charge in [-0.2, -0.15) is 0 Å². The molecule has 2 atom stereocenters. The fraction of sp³-hybridized carbons (Fsp3) is 0.556. The number of nitrogens with one attached hydrogen (secondary N) is 1. The van der Waals surface area contributed by atoms with Crippen LogP contribution in [0.15, 0.2) is 18.5 Å². The molecular formula is C9H13N3O3S. The first-order valence-electron chi connectivity index (χ1n) is 4.94. The van der Waals surface area contributed by atoms with Gasteiger partial charge in [-0.15, -0.1) is 0 Å². The van der Waals surface area contributed by atoms with Gasteiger partial charge in [0.15, 0.2) is 9.84 Å². The first kappa shape index (κ1) is 11.4. The minimum Gasteiger partial charge on any atom is -0.390 e. The Hall–Kier alpha value is -1.05. The second-order valence-electron chi connectivity index (χ2n) is 3.80. The monoisotopic (exact) mass is 243 g/mol. The van der Waals surface area contributed by atoms with E-state index in [0.717, 1.165) is 0 Å². The van der Waals surface area contributed by atoms with Crippen LogP contribution in [-0.4, -0.2) is 47.1 Å². The molecule has 1 aromatic heterocycles. The lowest BCUT2D eigenvalue weighted by molar-refractivity contribution is 0.165. The number of nitrogens with zero attached hydrogens (tertiary/aromatic N) is 2. The molecule has 1 aliphatic heterocycles. The molecule has 7 heteroatoms. The zero-order chi connectivity index (χ0) is 11.6. The fourth-order valence-electron chi connectivity index (χ4n) is 1.67. The molecule has 1 aliphatic rings. The molecule has 2 N–H and O–H groups in total. The van der Waals surface area contributed by atoms with Crippen molar-refractivity contribution in [1.82, 2.24) is 15.3 Å². The van der Waals surface area contributed by atoms with Crippen molar-refractivity contribution in [3.05, 3.63) is 24.3 Å². The Morgan fingerprint density at radius 1 is 1.38 bits per heavy atom. The van der Waals surface area contributed by atoms with Crippen molar-refractivity contribution in [1.29, 1.82) is 0 Å². The van der Waals surface area contributed by atoms with E-state index in [9.17, 15) is 13.5 Å². The van der Waals surface area contributed by atoms with Crippen LogP contribution in [0.25, 0.3) is 0 Å². The van der Waals surface area contributed by atoms with Crippen molar-refractivity contribution in [3.8, 4) is 0 Å². The second kappa shape index (κ2) is 4.44. The van der Waals surface area contributed by atoms with E-state index < -0.39 is 22.0 Å². The molecule has 2 heterocycles. The minimum atomic E-state index is -3.10. The summed E-state index contributed by atoms with van der Waals surface area (Å²) < 4.78 is 22.5. The average molecular weight is 243 g/mol. The molecule has 16 heavy (non-hydrogen) atoms. The molecule has 0 saturated carbocycles. The van der Waals surface area contributed by atoms with Gasteiger partial charge in [0.2, 0.25) is 0 Å². The third kappa shape index (κ3) is 2.75. The molecular weight excluding hydrogens is 230 g/mol. The van der Waals surface area contributed by atoms with E-state index in [1.54, 1.807) is 18.5 Å². The maximum absolute atomic E-state index is 11.2. The van der Waals surface area contributed by atoms with Gasteiger partial charge in [-0.1, -0.05) is 0 Å². The summed E-state index contributed by atoms with van der Waals surface area (Å²) in [5.74, 6) is 0.389. The van der Waals surface area contributed by atoms with E-state index in [0.29, 0.717) is 12.4 Å². The summed E-state index contributed by atoms with van der Waals surface area (Å²) in [5.41, 5.74) is 0. The lowest BCUT2D eigenvalue weighted by Gasteiger charge is -2.13. The summed E-state index contributed by atoms with van der Waals surface area (Å²) in [7, 11) is -3.10. The Morgan fingerprint density at radius 2 is 2.06 bits per heavy atom. The highest BCUT2D eigenvalue weighted by Crippen LogP contribution is 2.12. The standard InChI is InChI=1S/C9H13N3O3S/c13-8-6-16(14,15)5-7(8)12-4-9-10-2-1-3-11-9/h1-3,7-8,12-13H,4-6H2/t7-,8-/m1/s1. The molecule has 0 bridgehead atoms. The van der Waals surface area contributed by atoms with E-state index in [1.165, 1.54) is 0 Å². The average Bonchev–Trinajstić information content (AvgIpc) is 2.50. The van der Waals surface area contributed by atoms with Gasteiger partial charge in [-0.3, -0.25) is 0 Å². The summed E-state index contributed by atoms with van der Waals surface area (Å²) in [4.78, 5) is 7.99. The highest BCUT2D eigenvalue weighted by atomic mass is 32.2. The first-order valence-corrected chi connectivity index (χ1v) is 6.77. The highest BCUT2D eigenvalue weighted by molar-refractivity contribution is 7.91. The topological polar surface area (TPSA) is 92.2 Å². The third-order valence-corrected chi connectivity index (χ3v) is 4.18. The van der Waals surface area contributed by atoms with E-state index in [1.807, 2.05) is 0 Å². The molecule has 1 aromatic rings. The quantitative estimate of drug-likeness (QED) is 0.687. The predicted molar refractivity (Wildman–Crippen MR) is 57.3 cm³/mol. The highest BCUT2D eigenvalue weighted by Gasteiger charge is 2.35. The number of sulfone groups is 1. The van der Waals surface area contributed by atoms with E-state index in [2.05, 4.69) is 15.3 Å². The van der Waals surface area contributed by atoms with Gasteiger partial charge < -0.3 is 10.4 Å². The summed E-state index contributed by atoms with van der Waals surface area (Å²) in [6.45, 7) is 0.359. The SMILES string of the molecule is O=S1(=O)C[C@@H](O)[C@H](NCc2ncccn2)C1. The lowest BCUT2D eigenvalue weighted by atomic mass is 10.2. The van der Waals surface area contributed by atoms with Crippen molar-refractivity contribution in [2.24, 2.45) is 0 Å². The molecule has 88 valence electrons. The maximum atomic E-state index is 11.2. The van der Waals surface area contributed by atoms with Crippen LogP contribution in [0.3, 0.4) is 0 Å². The van der Waals surface area contributed by atoms with Crippen molar-refractivity contribution >= 4 is 9.84 Å². The van der Waals surface area contributed by atoms with E-state index in [-0.39, 0.29) is 11.5 Å². The van der Waals surface area contributed by atoms with Crippen LogP contribution in [0.5, 0.6) is 0 Å². The molecule has 0 amide bonds. The second-order valence-corrected chi connectivity index (χ2v) is 5.95. The smallest absolute Gasteiger partial charge is 0.154 e. The van der Waals surface area contributed by atoms with Gasteiger partial charge in [0.25, 0.3) is 0 Å². The van der Waals surface area contributed by atoms with Gasteiger partial charge in [0, 0.05) is 18.4 Å². The summed E-state index contributed by atoms with van der Waals surface area (Å²) in [5, 5.41) is 12.5. The summed E-state index contributed by atoms with van der Waals surface area (Å²) in [6, 6.07) is 1.28. The van der Waals surface area contributed by atoms with Crippen molar-refractivity contribution in [2.75, 3.05) is 11.5 Å². The summed E-state index contributed by atoms with van der Waals surface area (Å²) in [6.07, 6.45) is 2.39. The van der Waals surface area contributed by atoms with Crippen molar-refractivity contribution < 1.29 is 13.5 Å². The third-order valence-electron chi connectivity index (χ3n) is 2.46. The Kier molecular flexibility index (Phi) is 3.17. The predicted octanol–water partition coefficient (Wildman–Crippen LogP) is -1.28. The molecule has 0 spiro atoms. The molecule has 6 nitrogen and oxygen atoms in total. The van der Waals surface area contributed by atoms with Crippen LogP contribution >= 0.6 is 0 Å². The number of aliphatic hydroxyl groups excluding tert-OH is 1. The van der Waals surface area contributed by atoms with Crippen LogP contribution < -0.4 is 5.32 Å². The van der Waals surface area contributed by atoms with Crippen LogP contribution in [0, 0.1) is 0 Å². The number of hydrogen-bond donors (Lipinski definition) is 2. The van der Waals surface area contributed by atoms with E-state index in [4.69, 9.17) is 0 Å². The largest absolute Gasteiger partial charge is 0.390 e. The van der Waals surface area contributed by atoms with Gasteiger partial charge in [-0.05, 0) is 6.07 Å². The molecule has 0 radical (unpaired) electrons. The lowest BCUT2D eigenvalue weighted by Crippen LogP contribution is -2.38. The van der Waals surface area contributed by atoms with E-state index >= 15 is 0 Å². The minimum absolute atomic E-state index is 0.0268. The van der Waals surface area contributed by atoms with Gasteiger partial charge in [0.05, 0.1) is 24.2 Å². The Morgan fingerprint density at radius 3 is 2.62 bits per heavy atom. The molecule has 0 aromatic carbocycles. The molecule has 2 rings (SSSR count). The van der Waals surface area contributed by atoms with Crippen molar-refractivity contribution in [3.63, 3.8) is 0 Å². The van der Waals surface area contributed by atoms with Crippen molar-refractivity contribution in [2.45, 2.75) is 18.7 Å². The first-order chi connectivity index (χ1) is 7.57. The zero-order valence-electron chi connectivity index (χ0n) is 8.57. The van der Waals surface area contributed by atoms with Gasteiger partial charge in [-0.25, -0.2) is 18.4 Å². The van der Waals surface area contributed by atoms with Crippen LogP contribution in [0.2, 0.25) is 0 Å². The Balaban J connectivity index is 1.92. The Bertz CT molecular complexity index is 448. The molecule has 0 aliphatic carbocycles. The number of rotatable bonds is 3. The normalized spacial score (nSPS) is 28.1. The molecule has 0 unspecified atom stereocenters. The van der Waals surface area contributed by atoms with Crippen LogP contribution in [0.4, 0.5) is 0 Å². The number of hydrogen-bond acceptors (Lipinski definition) is 6. The maximum Gasteiger partial charge on any atom is 0.154 e. The van der Waals surface area contributed by atoms with Crippen LogP contribution in [-0.2, 0) is 16.4 Å². The molecule has 1 saturated heterocycles. The van der Waals surface area contributed by atoms with Gasteiger partial charge in [0.1, 0.15) is 5.82 Å². The molecule has 1 fully saturated rings. The number of aromatic nitrogens is 2. The fourth-order valence-corrected chi connectivity index (χ4v) is 3.44. The zero-order valence-corrected chi connectivity index (χ0v) is 9.39. The van der Waals surface area contributed by atoms with Gasteiger partial charge >= 0.3 is 0 Å². The van der Waals surface area contributed by atoms with Crippen LogP contribution in [0.1, 0.15) is 5.82 Å². The summed E-state index contributed by atoms with van der Waals surface area (Å²) >= 11 is 0. The Labute approximate surface area is 93.7 Å². The number of aliphatic hydroxyl groups is 1.